The van der Waals surface area contributed by atoms with Crippen LogP contribution in [0.4, 0.5) is 0 Å². The van der Waals surface area contributed by atoms with E-state index in [1.807, 2.05) is 0 Å². The average Bonchev–Trinajstić information content (AvgIpc) is 2.98. The summed E-state index contributed by atoms with van der Waals surface area (Å²) >= 11 is 0. The molecular formula is C39H77NO3P+. The third-order valence-electron chi connectivity index (χ3n) is 8.63. The van der Waals surface area contributed by atoms with Gasteiger partial charge in [-0.1, -0.05) is 141 Å². The highest BCUT2D eigenvalue weighted by molar-refractivity contribution is 7.53. The molecule has 0 rings (SSSR count). The van der Waals surface area contributed by atoms with Crippen molar-refractivity contribution in [1.29, 1.82) is 0 Å². The van der Waals surface area contributed by atoms with Crippen molar-refractivity contribution in [3.8, 4) is 0 Å². The van der Waals surface area contributed by atoms with Gasteiger partial charge in [0.1, 0.15) is 18.9 Å². The lowest BCUT2D eigenvalue weighted by Gasteiger charge is -2.23. The largest absolute Gasteiger partial charge is 0.349 e. The molecule has 0 aliphatic carbocycles. The van der Waals surface area contributed by atoms with E-state index in [-0.39, 0.29) is 14.3 Å². The summed E-state index contributed by atoms with van der Waals surface area (Å²) in [7, 11) is 6.45. The Bertz CT molecular complexity index is 658. The van der Waals surface area contributed by atoms with E-state index in [4.69, 9.17) is 4.52 Å². The number of hydrogen-bond acceptors (Lipinski definition) is 3. The molecule has 0 spiro atoms. The Morgan fingerprint density at radius 2 is 0.886 bits per heavy atom. The van der Waals surface area contributed by atoms with Crippen molar-refractivity contribution >= 4 is 20.1 Å². The van der Waals surface area contributed by atoms with Crippen molar-refractivity contribution in [2.75, 3.05) is 34.3 Å². The van der Waals surface area contributed by atoms with Crippen LogP contribution < -0.4 is 0 Å². The molecule has 0 amide bonds. The predicted molar refractivity (Wildman–Crippen MR) is 196 cm³/mol. The van der Waals surface area contributed by atoms with E-state index in [0.717, 1.165) is 49.6 Å². The van der Waals surface area contributed by atoms with Crippen LogP contribution in [0.3, 0.4) is 0 Å². The number of Topliss-reactive ketones (excluding diaryl/α,β-unsaturated/α-hetero) is 1. The van der Waals surface area contributed by atoms with Crippen molar-refractivity contribution in [2.24, 2.45) is 0 Å². The van der Waals surface area contributed by atoms with Crippen LogP contribution in [0.5, 0.6) is 0 Å². The lowest BCUT2D eigenvalue weighted by Crippen LogP contribution is -2.37. The van der Waals surface area contributed by atoms with Crippen LogP contribution >= 0.6 is 8.81 Å². The van der Waals surface area contributed by atoms with E-state index in [1.165, 1.54) is 141 Å². The van der Waals surface area contributed by atoms with E-state index < -0.39 is 0 Å². The highest BCUT2D eigenvalue weighted by Crippen LogP contribution is 2.19. The van der Waals surface area contributed by atoms with Crippen molar-refractivity contribution in [3.05, 3.63) is 12.2 Å². The van der Waals surface area contributed by atoms with E-state index in [1.54, 1.807) is 0 Å². The fraction of sp³-hybridized carbons (Fsp3) is 0.897. The molecule has 0 aromatic rings. The Kier molecular flexibility index (Phi) is 33.3. The number of unbranched alkanes of at least 4 members (excludes halogenated alkanes) is 23. The van der Waals surface area contributed by atoms with Gasteiger partial charge >= 0.3 is 0 Å². The molecule has 1 atom stereocenters. The summed E-state index contributed by atoms with van der Waals surface area (Å²) in [5.74, 6) is 0.501. The fourth-order valence-electron chi connectivity index (χ4n) is 5.57. The number of ketones is 1. The maximum absolute atomic E-state index is 12.2. The zero-order valence-corrected chi connectivity index (χ0v) is 31.2. The second-order valence-electron chi connectivity index (χ2n) is 14.4. The number of rotatable bonds is 36. The number of likely N-dealkylation sites (N-methyl/N-ethyl adjacent to an activating group) is 1. The van der Waals surface area contributed by atoms with E-state index in [2.05, 4.69) is 40.2 Å². The van der Waals surface area contributed by atoms with Gasteiger partial charge in [0.15, 0.2) is 5.52 Å². The SMILES string of the molecule is CCCCCCCCCCCCCCCC(=O)CCCCCCCCC=CCCCCCCCC(=O)POCC[N+](C)(C)C. The molecule has 4 nitrogen and oxygen atoms in total. The number of hydrogen-bond donors (Lipinski definition) is 0. The van der Waals surface area contributed by atoms with Gasteiger partial charge in [-0.15, -0.1) is 0 Å². The van der Waals surface area contributed by atoms with Gasteiger partial charge in [-0.2, -0.15) is 0 Å². The Balaban J connectivity index is 3.28. The molecule has 5 heteroatoms. The van der Waals surface area contributed by atoms with Gasteiger partial charge in [-0.25, -0.2) is 0 Å². The average molecular weight is 639 g/mol. The molecular weight excluding hydrogens is 561 g/mol. The minimum atomic E-state index is 0.0301. The lowest BCUT2D eigenvalue weighted by molar-refractivity contribution is -0.870. The van der Waals surface area contributed by atoms with Crippen LogP contribution in [-0.2, 0) is 14.1 Å². The summed E-state index contributed by atoms with van der Waals surface area (Å²) in [6, 6.07) is 0. The van der Waals surface area contributed by atoms with Gasteiger partial charge in [0.2, 0.25) is 0 Å². The summed E-state index contributed by atoms with van der Waals surface area (Å²) in [5, 5.41) is 0. The smallest absolute Gasteiger partial charge is 0.178 e. The van der Waals surface area contributed by atoms with Crippen LogP contribution in [0.2, 0.25) is 0 Å². The highest BCUT2D eigenvalue weighted by Gasteiger charge is 2.08. The molecule has 0 aliphatic rings. The topological polar surface area (TPSA) is 43.4 Å². The molecule has 0 aromatic heterocycles. The third-order valence-corrected chi connectivity index (χ3v) is 9.45. The van der Waals surface area contributed by atoms with Gasteiger partial charge in [-0.3, -0.25) is 9.59 Å². The van der Waals surface area contributed by atoms with Crippen molar-refractivity contribution in [3.63, 3.8) is 0 Å². The molecule has 0 N–H and O–H groups in total. The second-order valence-corrected chi connectivity index (χ2v) is 15.4. The Morgan fingerprint density at radius 3 is 1.30 bits per heavy atom. The minimum absolute atomic E-state index is 0.0301. The first kappa shape index (κ1) is 43.4. The fourth-order valence-corrected chi connectivity index (χ4v) is 6.21. The minimum Gasteiger partial charge on any atom is -0.349 e. The van der Waals surface area contributed by atoms with E-state index in [0.29, 0.717) is 18.8 Å². The van der Waals surface area contributed by atoms with Gasteiger partial charge in [0.25, 0.3) is 0 Å². The zero-order valence-electron chi connectivity index (χ0n) is 30.2. The molecule has 0 aromatic carbocycles. The Hall–Kier alpha value is -0.570. The zero-order chi connectivity index (χ0) is 32.4. The summed E-state index contributed by atoms with van der Waals surface area (Å²) < 4.78 is 6.41. The van der Waals surface area contributed by atoms with Crippen LogP contribution in [-0.4, -0.2) is 50.1 Å². The summed E-state index contributed by atoms with van der Waals surface area (Å²) in [5.41, 5.74) is 0.278. The highest BCUT2D eigenvalue weighted by atomic mass is 31.1. The van der Waals surface area contributed by atoms with Gasteiger partial charge < -0.3 is 9.01 Å². The number of nitrogens with zero attached hydrogens (tertiary/aromatic N) is 1. The molecule has 0 bridgehead atoms. The molecule has 0 fully saturated rings. The molecule has 0 saturated carbocycles. The van der Waals surface area contributed by atoms with Gasteiger partial charge in [-0.05, 0) is 44.9 Å². The third kappa shape index (κ3) is 37.6. The molecule has 0 saturated heterocycles. The first-order chi connectivity index (χ1) is 21.3. The number of allylic oxidation sites excluding steroid dienone is 2. The van der Waals surface area contributed by atoms with Gasteiger partial charge in [0, 0.05) is 19.3 Å². The van der Waals surface area contributed by atoms with Crippen LogP contribution in [0.15, 0.2) is 12.2 Å². The second kappa shape index (κ2) is 33.8. The molecule has 0 radical (unpaired) electrons. The van der Waals surface area contributed by atoms with Crippen molar-refractivity contribution < 1.29 is 18.6 Å². The number of quaternary nitrogens is 1. The number of carbonyl (C=O) groups is 2. The molecule has 0 heterocycles. The predicted octanol–water partition coefficient (Wildman–Crippen LogP) is 12.3. The van der Waals surface area contributed by atoms with Crippen molar-refractivity contribution in [2.45, 2.75) is 193 Å². The molecule has 44 heavy (non-hydrogen) atoms. The van der Waals surface area contributed by atoms with E-state index in [9.17, 15) is 9.59 Å². The maximum Gasteiger partial charge on any atom is 0.178 e. The summed E-state index contributed by atoms with van der Waals surface area (Å²) in [4.78, 5) is 24.1. The van der Waals surface area contributed by atoms with E-state index >= 15 is 0 Å². The Labute approximate surface area is 277 Å². The first-order valence-electron chi connectivity index (χ1n) is 19.2. The van der Waals surface area contributed by atoms with Crippen LogP contribution in [0.1, 0.15) is 193 Å². The van der Waals surface area contributed by atoms with Crippen molar-refractivity contribution in [1.82, 2.24) is 0 Å². The molecule has 260 valence electrons. The Morgan fingerprint density at radius 1 is 0.523 bits per heavy atom. The quantitative estimate of drug-likeness (QED) is 0.0297. The summed E-state index contributed by atoms with van der Waals surface area (Å²) in [6.45, 7) is 3.90. The monoisotopic (exact) mass is 639 g/mol. The maximum atomic E-state index is 12.2. The van der Waals surface area contributed by atoms with Gasteiger partial charge in [0.05, 0.1) is 30.0 Å². The van der Waals surface area contributed by atoms with Crippen LogP contribution in [0.25, 0.3) is 0 Å². The van der Waals surface area contributed by atoms with Crippen LogP contribution in [0, 0.1) is 0 Å². The number of carbonyl (C=O) groups excluding carboxylic acids is 2. The lowest BCUT2D eigenvalue weighted by atomic mass is 10.0. The molecule has 0 aliphatic heterocycles. The molecule has 1 unspecified atom stereocenters. The summed E-state index contributed by atoms with van der Waals surface area (Å²) in [6.07, 6.45) is 40.6. The standard InChI is InChI=1S/C39H77NO3P/c1-5-6-7-8-9-10-11-15-18-21-24-27-30-33-38(41)34-31-28-25-22-19-16-13-12-14-17-20-23-26-29-32-35-39(42)44-43-37-36-40(2,3)4/h12,14,44H,5-11,13,15-37H2,1-4H3/q+1. The first-order valence-corrected chi connectivity index (χ1v) is 20.1. The normalized spacial score (nSPS) is 12.3.